The maximum Gasteiger partial charge on any atom is 0.417 e. The van der Waals surface area contributed by atoms with E-state index >= 15 is 0 Å². The maximum absolute atomic E-state index is 13.6. The number of alkyl halides is 3. The lowest BCUT2D eigenvalue weighted by Gasteiger charge is -2.16. The van der Waals surface area contributed by atoms with Crippen LogP contribution in [0.25, 0.3) is 11.1 Å². The number of amidine groups is 1. The normalized spacial score (nSPS) is 13.1. The second-order valence-electron chi connectivity index (χ2n) is 4.98. The summed E-state index contributed by atoms with van der Waals surface area (Å²) in [5.41, 5.74) is -1.21. The van der Waals surface area contributed by atoms with Crippen molar-refractivity contribution < 1.29 is 21.9 Å². The number of aliphatic imine (C=N–C) groups is 1. The van der Waals surface area contributed by atoms with Crippen molar-refractivity contribution in [1.82, 2.24) is 5.32 Å². The average molecular weight is 434 g/mol. The van der Waals surface area contributed by atoms with Crippen LogP contribution in [0.1, 0.15) is 5.56 Å². The standard InChI is InChI=1S/C16H11ClF3N3O2S2/c1-26-15(22-8-21)23-10-6-12(16(18,19)20)14(13(17)7-10)9-2-4-11(5-3-9)27(24)25/h2-7H,1H3,(H,22,23)(H,24,25). The predicted molar refractivity (Wildman–Crippen MR) is 100 cm³/mol. The molecule has 0 aromatic heterocycles. The van der Waals surface area contributed by atoms with Gasteiger partial charge in [-0.3, -0.25) is 5.32 Å². The Hall–Kier alpha value is -2.06. The Labute approximate surface area is 164 Å². The van der Waals surface area contributed by atoms with Crippen molar-refractivity contribution in [1.29, 1.82) is 5.26 Å². The summed E-state index contributed by atoms with van der Waals surface area (Å²) in [7, 11) is 0. The van der Waals surface area contributed by atoms with Gasteiger partial charge >= 0.3 is 6.18 Å². The molecule has 0 amide bonds. The van der Waals surface area contributed by atoms with Gasteiger partial charge in [-0.25, -0.2) is 9.20 Å². The molecule has 5 nitrogen and oxygen atoms in total. The summed E-state index contributed by atoms with van der Waals surface area (Å²) in [5, 5.41) is 10.8. The molecule has 0 radical (unpaired) electrons. The van der Waals surface area contributed by atoms with E-state index in [0.717, 1.165) is 17.8 Å². The Morgan fingerprint density at radius 3 is 2.44 bits per heavy atom. The lowest BCUT2D eigenvalue weighted by molar-refractivity contribution is -0.137. The van der Waals surface area contributed by atoms with Crippen molar-refractivity contribution in [2.75, 3.05) is 6.26 Å². The number of nitriles is 1. The van der Waals surface area contributed by atoms with E-state index in [1.807, 2.05) is 0 Å². The molecule has 0 heterocycles. The summed E-state index contributed by atoms with van der Waals surface area (Å²) in [4.78, 5) is 4.01. The molecule has 2 N–H and O–H groups in total. The third-order valence-corrected chi connectivity index (χ3v) is 4.87. The topological polar surface area (TPSA) is 85.5 Å². The molecule has 1 unspecified atom stereocenters. The van der Waals surface area contributed by atoms with Gasteiger partial charge in [0, 0.05) is 5.56 Å². The van der Waals surface area contributed by atoms with Crippen molar-refractivity contribution in [3.05, 3.63) is 47.0 Å². The molecule has 0 saturated carbocycles. The van der Waals surface area contributed by atoms with E-state index < -0.39 is 22.8 Å². The molecule has 2 aromatic carbocycles. The van der Waals surface area contributed by atoms with Crippen LogP contribution in [0.2, 0.25) is 5.02 Å². The molecule has 2 aromatic rings. The van der Waals surface area contributed by atoms with Gasteiger partial charge < -0.3 is 4.55 Å². The zero-order chi connectivity index (χ0) is 20.2. The van der Waals surface area contributed by atoms with Crippen LogP contribution in [0.15, 0.2) is 46.3 Å². The van der Waals surface area contributed by atoms with Crippen LogP contribution >= 0.6 is 23.4 Å². The number of benzene rings is 2. The van der Waals surface area contributed by atoms with Gasteiger partial charge in [0.2, 0.25) is 0 Å². The first-order valence-electron chi connectivity index (χ1n) is 7.07. The Balaban J connectivity index is 2.65. The largest absolute Gasteiger partial charge is 0.417 e. The highest BCUT2D eigenvalue weighted by Gasteiger charge is 2.35. The fourth-order valence-corrected chi connectivity index (χ4v) is 3.24. The number of hydrogen-bond donors (Lipinski definition) is 2. The molecule has 142 valence electrons. The molecule has 0 fully saturated rings. The fourth-order valence-electron chi connectivity index (χ4n) is 2.20. The predicted octanol–water partition coefficient (Wildman–Crippen LogP) is 5.03. The Kier molecular flexibility index (Phi) is 6.89. The first kappa shape index (κ1) is 21.2. The Morgan fingerprint density at radius 1 is 1.33 bits per heavy atom. The smallest absolute Gasteiger partial charge is 0.302 e. The number of nitrogens with zero attached hydrogens (tertiary/aromatic N) is 2. The molecular weight excluding hydrogens is 423 g/mol. The third-order valence-electron chi connectivity index (χ3n) is 3.31. The van der Waals surface area contributed by atoms with Crippen LogP contribution in [0.5, 0.6) is 0 Å². The molecular formula is C16H11ClF3N3O2S2. The molecule has 0 spiro atoms. The number of rotatable bonds is 3. The van der Waals surface area contributed by atoms with Crippen LogP contribution in [-0.2, 0) is 17.3 Å². The molecule has 1 atom stereocenters. The van der Waals surface area contributed by atoms with Crippen molar-refractivity contribution in [2.24, 2.45) is 4.99 Å². The van der Waals surface area contributed by atoms with Gasteiger partial charge in [-0.05, 0) is 36.1 Å². The molecule has 0 saturated heterocycles. The second kappa shape index (κ2) is 8.75. The van der Waals surface area contributed by atoms with Gasteiger partial charge in [0.05, 0.1) is 21.2 Å². The number of thioether (sulfide) groups is 1. The lowest BCUT2D eigenvalue weighted by atomic mass is 9.98. The summed E-state index contributed by atoms with van der Waals surface area (Å²) in [6, 6.07) is 7.14. The minimum Gasteiger partial charge on any atom is -0.302 e. The average Bonchev–Trinajstić information content (AvgIpc) is 2.60. The SMILES string of the molecule is CSC(=Nc1cc(Cl)c(-c2ccc(S(=O)O)cc2)c(C(F)(F)F)c1)NC#N. The van der Waals surface area contributed by atoms with Gasteiger partial charge in [0.15, 0.2) is 22.4 Å². The summed E-state index contributed by atoms with van der Waals surface area (Å²) in [6.45, 7) is 0. The summed E-state index contributed by atoms with van der Waals surface area (Å²) in [6.07, 6.45) is -1.46. The van der Waals surface area contributed by atoms with E-state index in [9.17, 15) is 17.4 Å². The second-order valence-corrected chi connectivity index (χ2v) is 7.15. The molecule has 2 rings (SSSR count). The molecule has 11 heteroatoms. The molecule has 0 aliphatic rings. The highest BCUT2D eigenvalue weighted by Crippen LogP contribution is 2.43. The molecule has 0 aliphatic heterocycles. The van der Waals surface area contributed by atoms with Gasteiger partial charge in [-0.15, -0.1) is 0 Å². The lowest BCUT2D eigenvalue weighted by Crippen LogP contribution is -2.12. The van der Waals surface area contributed by atoms with Crippen LogP contribution in [0.3, 0.4) is 0 Å². The highest BCUT2D eigenvalue weighted by atomic mass is 35.5. The van der Waals surface area contributed by atoms with Crippen LogP contribution in [-0.4, -0.2) is 20.2 Å². The van der Waals surface area contributed by atoms with Crippen molar-refractivity contribution in [3.8, 4) is 17.3 Å². The summed E-state index contributed by atoms with van der Waals surface area (Å²) in [5.74, 6) is 0. The fraction of sp³-hybridized carbons (Fsp3) is 0.125. The van der Waals surface area contributed by atoms with E-state index in [4.69, 9.17) is 21.4 Å². The zero-order valence-corrected chi connectivity index (χ0v) is 15.9. The van der Waals surface area contributed by atoms with Gasteiger partial charge in [-0.1, -0.05) is 35.5 Å². The van der Waals surface area contributed by atoms with E-state index in [2.05, 4.69) is 10.3 Å². The molecule has 0 bridgehead atoms. The Morgan fingerprint density at radius 2 is 1.96 bits per heavy atom. The zero-order valence-electron chi connectivity index (χ0n) is 13.5. The van der Waals surface area contributed by atoms with Gasteiger partial charge in [0.25, 0.3) is 0 Å². The minimum absolute atomic E-state index is 0.0526. The highest BCUT2D eigenvalue weighted by molar-refractivity contribution is 8.13. The number of hydrogen-bond acceptors (Lipinski definition) is 4. The minimum atomic E-state index is -4.72. The van der Waals surface area contributed by atoms with E-state index in [-0.39, 0.29) is 31.9 Å². The first-order valence-corrected chi connectivity index (χ1v) is 9.78. The van der Waals surface area contributed by atoms with Crippen LogP contribution in [0, 0.1) is 11.5 Å². The monoisotopic (exact) mass is 433 g/mol. The summed E-state index contributed by atoms with van der Waals surface area (Å²) < 4.78 is 60.9. The maximum atomic E-state index is 13.6. The van der Waals surface area contributed by atoms with E-state index in [1.54, 1.807) is 12.4 Å². The van der Waals surface area contributed by atoms with Crippen LogP contribution in [0.4, 0.5) is 18.9 Å². The molecule has 27 heavy (non-hydrogen) atoms. The number of halogens is 4. The van der Waals surface area contributed by atoms with Crippen molar-refractivity contribution >= 4 is 45.3 Å². The quantitative estimate of drug-likeness (QED) is 0.233. The first-order chi connectivity index (χ1) is 12.7. The van der Waals surface area contributed by atoms with Crippen molar-refractivity contribution in [3.63, 3.8) is 0 Å². The van der Waals surface area contributed by atoms with Crippen LogP contribution < -0.4 is 5.32 Å². The van der Waals surface area contributed by atoms with E-state index in [1.165, 1.54) is 30.3 Å². The Bertz CT molecular complexity index is 942. The van der Waals surface area contributed by atoms with Gasteiger partial charge in [-0.2, -0.15) is 18.4 Å². The number of nitrogens with one attached hydrogen (secondary N) is 1. The summed E-state index contributed by atoms with van der Waals surface area (Å²) >= 11 is 4.92. The van der Waals surface area contributed by atoms with E-state index in [0.29, 0.717) is 0 Å². The van der Waals surface area contributed by atoms with Crippen molar-refractivity contribution in [2.45, 2.75) is 11.1 Å². The molecule has 0 aliphatic carbocycles. The van der Waals surface area contributed by atoms with Gasteiger partial charge in [0.1, 0.15) is 0 Å². The third kappa shape index (κ3) is 5.23.